The van der Waals surface area contributed by atoms with E-state index in [4.69, 9.17) is 4.74 Å². The number of carbonyl (C=O) groups is 1. The number of nitro groups is 1. The van der Waals surface area contributed by atoms with E-state index in [2.05, 4.69) is 31.5 Å². The first-order chi connectivity index (χ1) is 13.6. The average molecular weight is 465 g/mol. The van der Waals surface area contributed by atoms with Crippen LogP contribution in [0.15, 0.2) is 28.9 Å². The molecule has 9 heteroatoms. The van der Waals surface area contributed by atoms with Gasteiger partial charge in [0, 0.05) is 21.9 Å². The maximum Gasteiger partial charge on any atom is 0.407 e. The fraction of sp³-hybridized carbons (Fsp3) is 0.500. The zero-order chi connectivity index (χ0) is 21.2. The lowest BCUT2D eigenvalue weighted by molar-refractivity contribution is -0.384. The molecule has 2 aromatic rings. The average Bonchev–Trinajstić information content (AvgIpc) is 2.62. The van der Waals surface area contributed by atoms with Gasteiger partial charge < -0.3 is 15.4 Å². The molecule has 1 amide bonds. The molecule has 1 aromatic heterocycles. The molecule has 0 saturated heterocycles. The van der Waals surface area contributed by atoms with Crippen LogP contribution in [0.4, 0.5) is 16.2 Å². The van der Waals surface area contributed by atoms with E-state index in [1.165, 1.54) is 6.20 Å². The first-order valence-corrected chi connectivity index (χ1v) is 10.4. The van der Waals surface area contributed by atoms with E-state index in [0.717, 1.165) is 30.2 Å². The molecule has 0 unspecified atom stereocenters. The van der Waals surface area contributed by atoms with Crippen LogP contribution in [0.3, 0.4) is 0 Å². The summed E-state index contributed by atoms with van der Waals surface area (Å²) in [6.07, 6.45) is 4.02. The molecule has 1 saturated carbocycles. The standard InChI is InChI=1S/C20H25BrN4O4/c1-20(2,3)29-19(26)24-14-7-5-13(6-8-14)23-18-15-10-12(21)4-9-16(15)22-11-17(18)25(27)28/h4,9-11,13-14H,5-8H2,1-3H3,(H,22,23)(H,24,26). The molecule has 0 spiro atoms. The summed E-state index contributed by atoms with van der Waals surface area (Å²) in [6, 6.07) is 5.65. The molecule has 1 heterocycles. The van der Waals surface area contributed by atoms with Gasteiger partial charge in [-0.05, 0) is 64.7 Å². The van der Waals surface area contributed by atoms with Crippen molar-refractivity contribution < 1.29 is 14.5 Å². The Morgan fingerprint density at radius 1 is 1.24 bits per heavy atom. The van der Waals surface area contributed by atoms with E-state index in [1.54, 1.807) is 0 Å². The fourth-order valence-corrected chi connectivity index (χ4v) is 3.87. The normalized spacial score (nSPS) is 19.6. The summed E-state index contributed by atoms with van der Waals surface area (Å²) in [5.41, 5.74) is 0.620. The van der Waals surface area contributed by atoms with Gasteiger partial charge in [-0.3, -0.25) is 10.1 Å². The number of fused-ring (bicyclic) bond motifs is 1. The molecule has 1 aromatic carbocycles. The summed E-state index contributed by atoms with van der Waals surface area (Å²) in [6.45, 7) is 5.49. The van der Waals surface area contributed by atoms with Gasteiger partial charge in [-0.1, -0.05) is 15.9 Å². The van der Waals surface area contributed by atoms with Crippen LogP contribution < -0.4 is 10.6 Å². The van der Waals surface area contributed by atoms with Crippen LogP contribution >= 0.6 is 15.9 Å². The van der Waals surface area contributed by atoms with Crippen molar-refractivity contribution in [1.29, 1.82) is 0 Å². The van der Waals surface area contributed by atoms with Gasteiger partial charge in [-0.2, -0.15) is 0 Å². The Hall–Kier alpha value is -2.42. The van der Waals surface area contributed by atoms with Gasteiger partial charge in [0.2, 0.25) is 0 Å². The quantitative estimate of drug-likeness (QED) is 0.478. The number of nitrogens with one attached hydrogen (secondary N) is 2. The third-order valence-corrected chi connectivity index (χ3v) is 5.30. The predicted octanol–water partition coefficient (Wildman–Crippen LogP) is 5.15. The Kier molecular flexibility index (Phi) is 6.26. The number of anilines is 1. The van der Waals surface area contributed by atoms with Gasteiger partial charge in [-0.25, -0.2) is 9.78 Å². The summed E-state index contributed by atoms with van der Waals surface area (Å²) >= 11 is 3.43. The Morgan fingerprint density at radius 2 is 1.90 bits per heavy atom. The fourth-order valence-electron chi connectivity index (χ4n) is 3.50. The number of carbonyl (C=O) groups excluding carboxylic acids is 1. The molecule has 0 aliphatic heterocycles. The minimum Gasteiger partial charge on any atom is -0.444 e. The molecular formula is C20H25BrN4O4. The highest BCUT2D eigenvalue weighted by atomic mass is 79.9. The molecule has 0 atom stereocenters. The molecule has 0 radical (unpaired) electrons. The number of hydrogen-bond donors (Lipinski definition) is 2. The van der Waals surface area contributed by atoms with Crippen LogP contribution in [0, 0.1) is 10.1 Å². The molecule has 1 aliphatic carbocycles. The second-order valence-electron chi connectivity index (χ2n) is 8.28. The van der Waals surface area contributed by atoms with Crippen molar-refractivity contribution in [3.8, 4) is 0 Å². The number of nitrogens with zero attached hydrogens (tertiary/aromatic N) is 2. The van der Waals surface area contributed by atoms with Crippen molar-refractivity contribution >= 4 is 44.3 Å². The number of alkyl carbamates (subject to hydrolysis) is 1. The molecule has 0 bridgehead atoms. The van der Waals surface area contributed by atoms with Crippen LogP contribution in [0.5, 0.6) is 0 Å². The van der Waals surface area contributed by atoms with Gasteiger partial charge in [0.15, 0.2) is 0 Å². The SMILES string of the molecule is CC(C)(C)OC(=O)NC1CCC(Nc2c([N+](=O)[O-])cnc3ccc(Br)cc23)CC1. The number of amides is 1. The maximum absolute atomic E-state index is 12.0. The third-order valence-electron chi connectivity index (χ3n) is 4.80. The van der Waals surface area contributed by atoms with E-state index in [-0.39, 0.29) is 17.8 Å². The minimum atomic E-state index is -0.529. The van der Waals surface area contributed by atoms with Crippen molar-refractivity contribution in [3.63, 3.8) is 0 Å². The van der Waals surface area contributed by atoms with Gasteiger partial charge in [-0.15, -0.1) is 0 Å². The highest BCUT2D eigenvalue weighted by molar-refractivity contribution is 9.10. The topological polar surface area (TPSA) is 106 Å². The number of rotatable bonds is 4. The van der Waals surface area contributed by atoms with E-state index < -0.39 is 16.6 Å². The smallest absolute Gasteiger partial charge is 0.407 e. The molecule has 1 aliphatic rings. The first-order valence-electron chi connectivity index (χ1n) is 9.61. The summed E-state index contributed by atoms with van der Waals surface area (Å²) < 4.78 is 6.15. The Morgan fingerprint density at radius 3 is 2.52 bits per heavy atom. The molecular weight excluding hydrogens is 440 g/mol. The number of ether oxygens (including phenoxy) is 1. The summed E-state index contributed by atoms with van der Waals surface area (Å²) in [5.74, 6) is 0. The van der Waals surface area contributed by atoms with Crippen molar-refractivity contribution in [2.75, 3.05) is 5.32 Å². The van der Waals surface area contributed by atoms with Crippen molar-refractivity contribution in [2.45, 2.75) is 64.1 Å². The number of aromatic nitrogens is 1. The highest BCUT2D eigenvalue weighted by Gasteiger charge is 2.27. The zero-order valence-corrected chi connectivity index (χ0v) is 18.3. The van der Waals surface area contributed by atoms with Gasteiger partial charge in [0.05, 0.1) is 10.4 Å². The van der Waals surface area contributed by atoms with Crippen LogP contribution in [0.2, 0.25) is 0 Å². The van der Waals surface area contributed by atoms with Crippen LogP contribution in [0.25, 0.3) is 10.9 Å². The molecule has 156 valence electrons. The number of halogens is 1. The lowest BCUT2D eigenvalue weighted by Gasteiger charge is -2.31. The lowest BCUT2D eigenvalue weighted by atomic mass is 9.91. The second kappa shape index (κ2) is 8.52. The number of benzene rings is 1. The maximum atomic E-state index is 12.0. The van der Waals surface area contributed by atoms with Crippen molar-refractivity contribution in [1.82, 2.24) is 10.3 Å². The van der Waals surface area contributed by atoms with Crippen molar-refractivity contribution in [2.24, 2.45) is 0 Å². The van der Waals surface area contributed by atoms with Crippen LogP contribution in [0.1, 0.15) is 46.5 Å². The lowest BCUT2D eigenvalue weighted by Crippen LogP contribution is -2.42. The largest absolute Gasteiger partial charge is 0.444 e. The summed E-state index contributed by atoms with van der Waals surface area (Å²) in [5, 5.41) is 18.5. The predicted molar refractivity (Wildman–Crippen MR) is 115 cm³/mol. The third kappa shape index (κ3) is 5.56. The Balaban J connectivity index is 1.70. The summed E-state index contributed by atoms with van der Waals surface area (Å²) in [7, 11) is 0. The first kappa shape index (κ1) is 21.3. The van der Waals surface area contributed by atoms with Crippen LogP contribution in [-0.2, 0) is 4.74 Å². The number of hydrogen-bond acceptors (Lipinski definition) is 6. The van der Waals surface area contributed by atoms with Gasteiger partial charge in [0.25, 0.3) is 0 Å². The highest BCUT2D eigenvalue weighted by Crippen LogP contribution is 2.35. The Labute approximate surface area is 177 Å². The zero-order valence-electron chi connectivity index (χ0n) is 16.7. The van der Waals surface area contributed by atoms with E-state index in [0.29, 0.717) is 16.6 Å². The van der Waals surface area contributed by atoms with E-state index >= 15 is 0 Å². The Bertz CT molecular complexity index is 921. The van der Waals surface area contributed by atoms with Crippen LogP contribution in [-0.4, -0.2) is 33.7 Å². The van der Waals surface area contributed by atoms with Crippen molar-refractivity contribution in [3.05, 3.63) is 39.0 Å². The monoisotopic (exact) mass is 464 g/mol. The van der Waals surface area contributed by atoms with Gasteiger partial charge >= 0.3 is 11.8 Å². The second-order valence-corrected chi connectivity index (χ2v) is 9.19. The van der Waals surface area contributed by atoms with E-state index in [1.807, 2.05) is 39.0 Å². The molecule has 29 heavy (non-hydrogen) atoms. The summed E-state index contributed by atoms with van der Waals surface area (Å²) in [4.78, 5) is 27.3. The van der Waals surface area contributed by atoms with E-state index in [9.17, 15) is 14.9 Å². The molecule has 1 fully saturated rings. The number of pyridine rings is 1. The molecule has 8 nitrogen and oxygen atoms in total. The molecule has 3 rings (SSSR count). The minimum absolute atomic E-state index is 0.0374. The van der Waals surface area contributed by atoms with Gasteiger partial charge in [0.1, 0.15) is 17.5 Å². The molecule has 2 N–H and O–H groups in total.